The molecule has 0 unspecified atom stereocenters. The first-order chi connectivity index (χ1) is 15.5. The summed E-state index contributed by atoms with van der Waals surface area (Å²) in [6.07, 6.45) is 1.69. The highest BCUT2D eigenvalue weighted by Gasteiger charge is 2.27. The Morgan fingerprint density at radius 2 is 1.78 bits per heavy atom. The van der Waals surface area contributed by atoms with E-state index in [1.54, 1.807) is 24.3 Å². The van der Waals surface area contributed by atoms with Gasteiger partial charge in [0, 0.05) is 29.4 Å². The molecule has 1 fully saturated rings. The van der Waals surface area contributed by atoms with Crippen LogP contribution in [0.1, 0.15) is 23.2 Å². The summed E-state index contributed by atoms with van der Waals surface area (Å²) >= 11 is 5.95. The smallest absolute Gasteiger partial charge is 0.337 e. The van der Waals surface area contributed by atoms with Crippen LogP contribution >= 0.6 is 11.6 Å². The maximum Gasteiger partial charge on any atom is 0.337 e. The Hall–Kier alpha value is -3.45. The largest absolute Gasteiger partial charge is 0.465 e. The molecular formula is C24H23ClN4O3. The lowest BCUT2D eigenvalue weighted by atomic mass is 9.97. The molecular weight excluding hydrogens is 428 g/mol. The lowest BCUT2D eigenvalue weighted by molar-refractivity contribution is -0.120. The van der Waals surface area contributed by atoms with Crippen LogP contribution in [0.25, 0.3) is 11.3 Å². The molecule has 0 saturated carbocycles. The third-order valence-electron chi connectivity index (χ3n) is 5.48. The van der Waals surface area contributed by atoms with Gasteiger partial charge in [-0.25, -0.2) is 4.79 Å². The van der Waals surface area contributed by atoms with E-state index in [1.807, 2.05) is 36.4 Å². The number of halogens is 1. The van der Waals surface area contributed by atoms with Crippen molar-refractivity contribution in [2.45, 2.75) is 12.8 Å². The van der Waals surface area contributed by atoms with Crippen molar-refractivity contribution in [2.24, 2.45) is 5.92 Å². The topological polar surface area (TPSA) is 84.4 Å². The van der Waals surface area contributed by atoms with E-state index in [4.69, 9.17) is 16.3 Å². The minimum atomic E-state index is -0.408. The van der Waals surface area contributed by atoms with Gasteiger partial charge in [-0.3, -0.25) is 4.79 Å². The number of amides is 1. The molecule has 2 heterocycles. The Balaban J connectivity index is 1.39. The molecule has 32 heavy (non-hydrogen) atoms. The summed E-state index contributed by atoms with van der Waals surface area (Å²) in [6, 6.07) is 18.0. The molecule has 7 nitrogen and oxygen atoms in total. The summed E-state index contributed by atoms with van der Waals surface area (Å²) in [5.74, 6) is 0.129. The van der Waals surface area contributed by atoms with Gasteiger partial charge in [0.1, 0.15) is 0 Å². The van der Waals surface area contributed by atoms with Crippen molar-refractivity contribution in [3.63, 3.8) is 0 Å². The minimum absolute atomic E-state index is 0.0498. The molecule has 3 aromatic rings. The second-order valence-corrected chi connectivity index (χ2v) is 8.06. The van der Waals surface area contributed by atoms with Crippen LogP contribution in [0, 0.1) is 5.92 Å². The number of nitrogens with one attached hydrogen (secondary N) is 1. The second kappa shape index (κ2) is 9.78. The molecule has 1 aliphatic heterocycles. The lowest BCUT2D eigenvalue weighted by Gasteiger charge is -2.32. The van der Waals surface area contributed by atoms with Crippen molar-refractivity contribution in [3.05, 3.63) is 71.2 Å². The summed E-state index contributed by atoms with van der Waals surface area (Å²) in [5.41, 5.74) is 2.80. The summed E-state index contributed by atoms with van der Waals surface area (Å²) in [6.45, 7) is 1.40. The van der Waals surface area contributed by atoms with Crippen molar-refractivity contribution in [1.82, 2.24) is 10.2 Å². The van der Waals surface area contributed by atoms with Gasteiger partial charge in [0.15, 0.2) is 5.82 Å². The summed E-state index contributed by atoms with van der Waals surface area (Å²) in [5, 5.41) is 12.3. The molecule has 1 aromatic heterocycles. The van der Waals surface area contributed by atoms with Crippen molar-refractivity contribution in [3.8, 4) is 11.3 Å². The first-order valence-corrected chi connectivity index (χ1v) is 10.7. The molecule has 1 atom stereocenters. The molecule has 4 rings (SSSR count). The van der Waals surface area contributed by atoms with Crippen LogP contribution in [0.15, 0.2) is 60.7 Å². The summed E-state index contributed by atoms with van der Waals surface area (Å²) in [7, 11) is 1.34. The zero-order valence-electron chi connectivity index (χ0n) is 17.6. The number of carbonyl (C=O) groups excluding carboxylic acids is 2. The number of anilines is 2. The minimum Gasteiger partial charge on any atom is -0.465 e. The molecule has 0 radical (unpaired) electrons. The second-order valence-electron chi connectivity index (χ2n) is 7.63. The van der Waals surface area contributed by atoms with Gasteiger partial charge in [0.05, 0.1) is 24.3 Å². The van der Waals surface area contributed by atoms with Crippen molar-refractivity contribution in [1.29, 1.82) is 0 Å². The van der Waals surface area contributed by atoms with Crippen molar-refractivity contribution in [2.75, 3.05) is 30.4 Å². The van der Waals surface area contributed by atoms with E-state index < -0.39 is 5.97 Å². The molecule has 1 N–H and O–H groups in total. The first-order valence-electron chi connectivity index (χ1n) is 10.4. The van der Waals surface area contributed by atoms with Gasteiger partial charge in [0.2, 0.25) is 5.91 Å². The van der Waals surface area contributed by atoms with Gasteiger partial charge in [-0.2, -0.15) is 0 Å². The van der Waals surface area contributed by atoms with Gasteiger partial charge < -0.3 is 15.0 Å². The van der Waals surface area contributed by atoms with Gasteiger partial charge in [0.25, 0.3) is 0 Å². The normalized spacial score (nSPS) is 15.8. The molecule has 0 bridgehead atoms. The van der Waals surface area contributed by atoms with Crippen LogP contribution in [0.2, 0.25) is 5.02 Å². The highest BCUT2D eigenvalue weighted by Crippen LogP contribution is 2.25. The molecule has 8 heteroatoms. The quantitative estimate of drug-likeness (QED) is 0.578. The lowest BCUT2D eigenvalue weighted by Crippen LogP contribution is -2.41. The molecule has 2 aromatic carbocycles. The Labute approximate surface area is 191 Å². The third-order valence-corrected chi connectivity index (χ3v) is 5.73. The number of benzene rings is 2. The SMILES string of the molecule is COC(=O)c1ccc(NC(=O)[C@@H]2CCCN(c3ccc(-c4ccc(Cl)cc4)nn3)C2)cc1. The number of esters is 1. The molecule has 0 aliphatic carbocycles. The van der Waals surface area contributed by atoms with E-state index in [2.05, 4.69) is 20.4 Å². The number of aromatic nitrogens is 2. The number of hydrogen-bond acceptors (Lipinski definition) is 6. The fraction of sp³-hybridized carbons (Fsp3) is 0.250. The van der Waals surface area contributed by atoms with Gasteiger partial charge >= 0.3 is 5.97 Å². The van der Waals surface area contributed by atoms with E-state index >= 15 is 0 Å². The Morgan fingerprint density at radius 3 is 2.44 bits per heavy atom. The van der Waals surface area contributed by atoms with Crippen LogP contribution < -0.4 is 10.2 Å². The van der Waals surface area contributed by atoms with Gasteiger partial charge in [-0.15, -0.1) is 10.2 Å². The van der Waals surface area contributed by atoms with E-state index in [0.717, 1.165) is 36.5 Å². The number of rotatable bonds is 5. The van der Waals surface area contributed by atoms with E-state index in [9.17, 15) is 9.59 Å². The maximum absolute atomic E-state index is 12.8. The third kappa shape index (κ3) is 5.06. The number of hydrogen-bond donors (Lipinski definition) is 1. The van der Waals surface area contributed by atoms with Crippen molar-refractivity contribution < 1.29 is 14.3 Å². The van der Waals surface area contributed by atoms with Crippen LogP contribution in [0.3, 0.4) is 0 Å². The van der Waals surface area contributed by atoms with Gasteiger partial charge in [-0.05, 0) is 61.4 Å². The Bertz CT molecular complexity index is 1090. The number of nitrogens with zero attached hydrogens (tertiary/aromatic N) is 3. The van der Waals surface area contributed by atoms with E-state index in [1.165, 1.54) is 7.11 Å². The predicted molar refractivity (Wildman–Crippen MR) is 124 cm³/mol. The first kappa shape index (κ1) is 21.8. The fourth-order valence-electron chi connectivity index (χ4n) is 3.72. The zero-order valence-corrected chi connectivity index (χ0v) is 18.4. The number of piperidine rings is 1. The van der Waals surface area contributed by atoms with Crippen LogP contribution in [-0.4, -0.2) is 42.3 Å². The Morgan fingerprint density at radius 1 is 1.03 bits per heavy atom. The molecule has 0 spiro atoms. The Kier molecular flexibility index (Phi) is 6.66. The predicted octanol–water partition coefficient (Wildman–Crippen LogP) is 4.44. The maximum atomic E-state index is 12.8. The summed E-state index contributed by atoms with van der Waals surface area (Å²) in [4.78, 5) is 26.4. The number of methoxy groups -OCH3 is 1. The number of ether oxygens (including phenoxy) is 1. The fourth-order valence-corrected chi connectivity index (χ4v) is 3.85. The monoisotopic (exact) mass is 450 g/mol. The average Bonchev–Trinajstić information content (AvgIpc) is 2.84. The highest BCUT2D eigenvalue weighted by molar-refractivity contribution is 6.30. The van der Waals surface area contributed by atoms with E-state index in [0.29, 0.717) is 22.8 Å². The van der Waals surface area contributed by atoms with Crippen LogP contribution in [0.5, 0.6) is 0 Å². The highest BCUT2D eigenvalue weighted by atomic mass is 35.5. The zero-order chi connectivity index (χ0) is 22.5. The average molecular weight is 451 g/mol. The standard InChI is InChI=1S/C24H23ClN4O3/c1-32-24(31)17-6-10-20(11-7-17)26-23(30)18-3-2-14-29(15-18)22-13-12-21(27-28-22)16-4-8-19(25)9-5-16/h4-13,18H,2-3,14-15H2,1H3,(H,26,30)/t18-/m1/s1. The van der Waals surface area contributed by atoms with Crippen LogP contribution in [0.4, 0.5) is 11.5 Å². The molecule has 1 amide bonds. The van der Waals surface area contributed by atoms with Crippen LogP contribution in [-0.2, 0) is 9.53 Å². The van der Waals surface area contributed by atoms with Crippen molar-refractivity contribution >= 4 is 35.0 Å². The van der Waals surface area contributed by atoms with E-state index in [-0.39, 0.29) is 11.8 Å². The summed E-state index contributed by atoms with van der Waals surface area (Å²) < 4.78 is 4.70. The molecule has 1 saturated heterocycles. The van der Waals surface area contributed by atoms with Gasteiger partial charge in [-0.1, -0.05) is 23.7 Å². The molecule has 164 valence electrons. The molecule has 1 aliphatic rings. The number of carbonyl (C=O) groups is 2.